The van der Waals surface area contributed by atoms with E-state index < -0.39 is 0 Å². The summed E-state index contributed by atoms with van der Waals surface area (Å²) >= 11 is 0. The van der Waals surface area contributed by atoms with Gasteiger partial charge in [0.05, 0.1) is 7.11 Å². The summed E-state index contributed by atoms with van der Waals surface area (Å²) in [6.07, 6.45) is 2.07. The molecule has 2 aromatic carbocycles. The van der Waals surface area contributed by atoms with E-state index in [-0.39, 0.29) is 11.7 Å². The first-order valence-corrected chi connectivity index (χ1v) is 11.4. The molecular weight excluding hydrogens is 417 g/mol. The lowest BCUT2D eigenvalue weighted by Crippen LogP contribution is -2.35. The van der Waals surface area contributed by atoms with Crippen LogP contribution in [0.4, 0.5) is 4.39 Å². The number of carbonyl (C=O) groups is 1. The Morgan fingerprint density at radius 3 is 2.42 bits per heavy atom. The normalized spacial score (nSPS) is 18.4. The Labute approximate surface area is 195 Å². The topological polar surface area (TPSA) is 37.7 Å². The Kier molecular flexibility index (Phi) is 7.14. The number of aryl methyl sites for hydroxylation is 1. The molecule has 0 N–H and O–H groups in total. The molecule has 0 unspecified atom stereocenters. The summed E-state index contributed by atoms with van der Waals surface area (Å²) in [5, 5.41) is 0. The fourth-order valence-corrected chi connectivity index (χ4v) is 4.79. The number of likely N-dealkylation sites (tertiary alicyclic amines) is 1. The van der Waals surface area contributed by atoms with Crippen molar-refractivity contribution in [3.05, 3.63) is 89.5 Å². The average molecular weight is 450 g/mol. The van der Waals surface area contributed by atoms with Crippen LogP contribution in [0.2, 0.25) is 0 Å². The standard InChI is InChI=1S/C27H32FN3O2/c1-20(32)31(15-21-6-10-24(28)11-7-21)17-23-16-30(18-25-5-4-14-29(25)2)19-27(23)22-8-12-26(33-3)13-9-22/h4-14,23,27H,15-19H2,1-3H3/t23-,27+/m0/s1. The summed E-state index contributed by atoms with van der Waals surface area (Å²) < 4.78 is 20.8. The van der Waals surface area contributed by atoms with Gasteiger partial charge >= 0.3 is 0 Å². The fraction of sp³-hybridized carbons (Fsp3) is 0.370. The Balaban J connectivity index is 1.54. The first-order chi connectivity index (χ1) is 15.9. The number of hydrogen-bond donors (Lipinski definition) is 0. The van der Waals surface area contributed by atoms with Gasteiger partial charge in [0, 0.05) is 64.5 Å². The highest BCUT2D eigenvalue weighted by atomic mass is 19.1. The van der Waals surface area contributed by atoms with E-state index in [2.05, 4.69) is 47.0 Å². The van der Waals surface area contributed by atoms with Gasteiger partial charge in [-0.15, -0.1) is 0 Å². The molecule has 5 nitrogen and oxygen atoms in total. The van der Waals surface area contributed by atoms with Gasteiger partial charge in [-0.05, 0) is 53.4 Å². The zero-order valence-corrected chi connectivity index (χ0v) is 19.6. The number of amides is 1. The molecule has 1 aliphatic heterocycles. The second kappa shape index (κ2) is 10.2. The molecule has 33 heavy (non-hydrogen) atoms. The maximum atomic E-state index is 13.3. The molecular formula is C27H32FN3O2. The highest BCUT2D eigenvalue weighted by Gasteiger charge is 2.35. The van der Waals surface area contributed by atoms with E-state index >= 15 is 0 Å². The molecule has 1 aliphatic rings. The number of carbonyl (C=O) groups excluding carboxylic acids is 1. The third-order valence-electron chi connectivity index (χ3n) is 6.68. The summed E-state index contributed by atoms with van der Waals surface area (Å²) in [5.74, 6) is 1.22. The van der Waals surface area contributed by atoms with Gasteiger partial charge in [0.25, 0.3) is 0 Å². The summed E-state index contributed by atoms with van der Waals surface area (Å²) in [5.41, 5.74) is 3.48. The van der Waals surface area contributed by atoms with Gasteiger partial charge in [-0.1, -0.05) is 24.3 Å². The second-order valence-electron chi connectivity index (χ2n) is 8.97. The summed E-state index contributed by atoms with van der Waals surface area (Å²) in [7, 11) is 3.75. The van der Waals surface area contributed by atoms with Crippen molar-refractivity contribution in [1.29, 1.82) is 0 Å². The number of ether oxygens (including phenoxy) is 1. The van der Waals surface area contributed by atoms with E-state index in [1.807, 2.05) is 17.0 Å². The van der Waals surface area contributed by atoms with Crippen LogP contribution >= 0.6 is 0 Å². The van der Waals surface area contributed by atoms with E-state index in [0.29, 0.717) is 24.9 Å². The number of aromatic nitrogens is 1. The average Bonchev–Trinajstić information content (AvgIpc) is 3.40. The number of hydrogen-bond acceptors (Lipinski definition) is 3. The fourth-order valence-electron chi connectivity index (χ4n) is 4.79. The van der Waals surface area contributed by atoms with Crippen LogP contribution in [0, 0.1) is 11.7 Å². The lowest BCUT2D eigenvalue weighted by molar-refractivity contribution is -0.130. The molecule has 0 radical (unpaired) electrons. The van der Waals surface area contributed by atoms with Crippen molar-refractivity contribution in [1.82, 2.24) is 14.4 Å². The van der Waals surface area contributed by atoms with Crippen molar-refractivity contribution in [2.45, 2.75) is 25.9 Å². The Hall–Kier alpha value is -3.12. The van der Waals surface area contributed by atoms with Crippen molar-refractivity contribution in [3.8, 4) is 5.75 Å². The molecule has 0 aliphatic carbocycles. The molecule has 0 bridgehead atoms. The van der Waals surface area contributed by atoms with Crippen LogP contribution < -0.4 is 4.74 Å². The monoisotopic (exact) mass is 449 g/mol. The van der Waals surface area contributed by atoms with Gasteiger partial charge in [0.2, 0.25) is 5.91 Å². The van der Waals surface area contributed by atoms with Gasteiger partial charge in [-0.2, -0.15) is 0 Å². The smallest absolute Gasteiger partial charge is 0.219 e. The molecule has 3 aromatic rings. The van der Waals surface area contributed by atoms with Crippen molar-refractivity contribution >= 4 is 5.91 Å². The van der Waals surface area contributed by atoms with Gasteiger partial charge in [0.1, 0.15) is 11.6 Å². The van der Waals surface area contributed by atoms with Crippen molar-refractivity contribution < 1.29 is 13.9 Å². The van der Waals surface area contributed by atoms with Crippen LogP contribution in [-0.4, -0.2) is 47.0 Å². The molecule has 1 aromatic heterocycles. The maximum Gasteiger partial charge on any atom is 0.219 e. The van der Waals surface area contributed by atoms with Crippen LogP contribution in [0.25, 0.3) is 0 Å². The maximum absolute atomic E-state index is 13.3. The first kappa shape index (κ1) is 23.1. The minimum Gasteiger partial charge on any atom is -0.497 e. The molecule has 4 rings (SSSR count). The molecule has 0 spiro atoms. The van der Waals surface area contributed by atoms with Gasteiger partial charge in [-0.3, -0.25) is 9.69 Å². The predicted molar refractivity (Wildman–Crippen MR) is 127 cm³/mol. The molecule has 1 saturated heterocycles. The van der Waals surface area contributed by atoms with Crippen LogP contribution in [0.15, 0.2) is 66.9 Å². The highest BCUT2D eigenvalue weighted by molar-refractivity contribution is 5.73. The summed E-state index contributed by atoms with van der Waals surface area (Å²) in [4.78, 5) is 16.9. The Morgan fingerprint density at radius 1 is 1.09 bits per heavy atom. The third kappa shape index (κ3) is 5.63. The SMILES string of the molecule is COc1ccc([C@H]2CN(Cc3cccn3C)C[C@H]2CN(Cc2ccc(F)cc2)C(C)=O)cc1. The second-order valence-corrected chi connectivity index (χ2v) is 8.97. The third-order valence-corrected chi connectivity index (χ3v) is 6.68. The van der Waals surface area contributed by atoms with Crippen LogP contribution in [0.3, 0.4) is 0 Å². The predicted octanol–water partition coefficient (Wildman–Crippen LogP) is 4.44. The summed E-state index contributed by atoms with van der Waals surface area (Å²) in [6.45, 7) is 5.49. The van der Waals surface area contributed by atoms with E-state index in [0.717, 1.165) is 30.9 Å². The van der Waals surface area contributed by atoms with Crippen molar-refractivity contribution in [2.24, 2.45) is 13.0 Å². The van der Waals surface area contributed by atoms with E-state index in [1.165, 1.54) is 23.4 Å². The van der Waals surface area contributed by atoms with Crippen LogP contribution in [-0.2, 0) is 24.9 Å². The number of methoxy groups -OCH3 is 1. The minimum absolute atomic E-state index is 0.0358. The number of halogens is 1. The van der Waals surface area contributed by atoms with E-state index in [4.69, 9.17) is 4.74 Å². The van der Waals surface area contributed by atoms with Gasteiger partial charge < -0.3 is 14.2 Å². The zero-order chi connectivity index (χ0) is 23.4. The molecule has 2 heterocycles. The molecule has 174 valence electrons. The van der Waals surface area contributed by atoms with Gasteiger partial charge in [-0.25, -0.2) is 4.39 Å². The largest absolute Gasteiger partial charge is 0.497 e. The minimum atomic E-state index is -0.264. The quantitative estimate of drug-likeness (QED) is 0.510. The molecule has 6 heteroatoms. The van der Waals surface area contributed by atoms with Gasteiger partial charge in [0.15, 0.2) is 0 Å². The van der Waals surface area contributed by atoms with E-state index in [1.54, 1.807) is 26.2 Å². The highest BCUT2D eigenvalue weighted by Crippen LogP contribution is 2.35. The molecule has 2 atom stereocenters. The lowest BCUT2D eigenvalue weighted by Gasteiger charge is -2.28. The first-order valence-electron chi connectivity index (χ1n) is 11.4. The summed E-state index contributed by atoms with van der Waals surface area (Å²) in [6, 6.07) is 18.9. The Bertz CT molecular complexity index is 1060. The van der Waals surface area contributed by atoms with E-state index in [9.17, 15) is 9.18 Å². The Morgan fingerprint density at radius 2 is 1.82 bits per heavy atom. The number of nitrogens with zero attached hydrogens (tertiary/aromatic N) is 3. The molecule has 0 saturated carbocycles. The molecule has 1 fully saturated rings. The van der Waals surface area contributed by atoms with Crippen molar-refractivity contribution in [2.75, 3.05) is 26.7 Å². The number of benzene rings is 2. The van der Waals surface area contributed by atoms with Crippen LogP contribution in [0.5, 0.6) is 5.75 Å². The zero-order valence-electron chi connectivity index (χ0n) is 19.6. The molecule has 1 amide bonds. The van der Waals surface area contributed by atoms with Crippen molar-refractivity contribution in [3.63, 3.8) is 0 Å². The number of rotatable bonds is 8. The lowest BCUT2D eigenvalue weighted by atomic mass is 9.88. The van der Waals surface area contributed by atoms with Crippen LogP contribution in [0.1, 0.15) is 29.7 Å².